The third-order valence-electron chi connectivity index (χ3n) is 6.22. The number of ketones is 2. The fourth-order valence-electron chi connectivity index (χ4n) is 4.06. The van der Waals surface area contributed by atoms with Crippen LogP contribution in [0.2, 0.25) is 0 Å². The van der Waals surface area contributed by atoms with Crippen LogP contribution in [0, 0.1) is 18.2 Å². The first-order valence-electron chi connectivity index (χ1n) is 11.1. The Morgan fingerprint density at radius 1 is 0.912 bits per heavy atom. The van der Waals surface area contributed by atoms with E-state index < -0.39 is 5.41 Å². The van der Waals surface area contributed by atoms with Crippen molar-refractivity contribution in [2.45, 2.75) is 32.6 Å². The average molecular weight is 455 g/mol. The number of rotatable bonds is 8. The highest BCUT2D eigenvalue weighted by molar-refractivity contribution is 6.10. The summed E-state index contributed by atoms with van der Waals surface area (Å²) < 4.78 is 19.1. The van der Waals surface area contributed by atoms with E-state index in [-0.39, 0.29) is 30.2 Å². The Kier molecular flexibility index (Phi) is 5.61. The Morgan fingerprint density at radius 2 is 1.53 bits per heavy atom. The van der Waals surface area contributed by atoms with E-state index in [4.69, 9.17) is 4.74 Å². The molecule has 170 valence electrons. The largest absolute Gasteiger partial charge is 0.438 e. The maximum absolute atomic E-state index is 13.1. The first kappa shape index (κ1) is 21.8. The maximum Gasteiger partial charge on any atom is 0.230 e. The molecule has 0 spiro atoms. The molecule has 0 unspecified atom stereocenters. The topological polar surface area (TPSA) is 82.0 Å². The normalized spacial score (nSPS) is 14.1. The molecule has 0 aliphatic heterocycles. The number of aryl methyl sites for hydroxylation is 1. The molecule has 0 N–H and O–H groups in total. The van der Waals surface area contributed by atoms with Crippen LogP contribution in [0.4, 0.5) is 4.39 Å². The first-order chi connectivity index (χ1) is 16.4. The van der Waals surface area contributed by atoms with Crippen LogP contribution in [0.1, 0.15) is 29.7 Å². The van der Waals surface area contributed by atoms with Crippen molar-refractivity contribution < 1.29 is 18.7 Å². The SMILES string of the molecule is Cc1cc2c(Oc3ccc(CC(=O)C4(C(=O)Cc5ccc(F)cc5)CC4)cc3)ncnc2cn1. The maximum atomic E-state index is 13.1. The predicted molar refractivity (Wildman–Crippen MR) is 124 cm³/mol. The van der Waals surface area contributed by atoms with Gasteiger partial charge < -0.3 is 4.74 Å². The van der Waals surface area contributed by atoms with Crippen molar-refractivity contribution in [1.82, 2.24) is 15.0 Å². The van der Waals surface area contributed by atoms with Crippen LogP contribution in [0.15, 0.2) is 67.1 Å². The molecule has 1 saturated carbocycles. The van der Waals surface area contributed by atoms with Gasteiger partial charge in [0.2, 0.25) is 5.88 Å². The summed E-state index contributed by atoms with van der Waals surface area (Å²) in [6.07, 6.45) is 4.57. The minimum atomic E-state index is -0.907. The third-order valence-corrected chi connectivity index (χ3v) is 6.22. The molecule has 1 fully saturated rings. The van der Waals surface area contributed by atoms with Crippen LogP contribution in [-0.2, 0) is 22.4 Å². The number of ether oxygens (including phenoxy) is 1. The van der Waals surface area contributed by atoms with Crippen molar-refractivity contribution in [1.29, 1.82) is 0 Å². The number of carbonyl (C=O) groups is 2. The summed E-state index contributed by atoms with van der Waals surface area (Å²) >= 11 is 0. The lowest BCUT2D eigenvalue weighted by Crippen LogP contribution is -2.28. The van der Waals surface area contributed by atoms with Crippen molar-refractivity contribution in [3.8, 4) is 11.6 Å². The molecule has 2 aromatic carbocycles. The van der Waals surface area contributed by atoms with Crippen molar-refractivity contribution >= 4 is 22.5 Å². The monoisotopic (exact) mass is 455 g/mol. The van der Waals surface area contributed by atoms with Gasteiger partial charge in [0, 0.05) is 18.5 Å². The highest BCUT2D eigenvalue weighted by Crippen LogP contribution is 2.48. The lowest BCUT2D eigenvalue weighted by atomic mass is 9.88. The highest BCUT2D eigenvalue weighted by atomic mass is 19.1. The van der Waals surface area contributed by atoms with Gasteiger partial charge in [-0.05, 0) is 61.2 Å². The molecule has 5 rings (SSSR count). The van der Waals surface area contributed by atoms with Crippen molar-refractivity contribution in [2.24, 2.45) is 5.41 Å². The summed E-state index contributed by atoms with van der Waals surface area (Å²) in [6.45, 7) is 1.89. The van der Waals surface area contributed by atoms with Crippen LogP contribution >= 0.6 is 0 Å². The quantitative estimate of drug-likeness (QED) is 0.349. The summed E-state index contributed by atoms with van der Waals surface area (Å²) in [5.74, 6) is 0.505. The van der Waals surface area contributed by atoms with Gasteiger partial charge in [0.25, 0.3) is 0 Å². The van der Waals surface area contributed by atoms with Gasteiger partial charge in [-0.15, -0.1) is 0 Å². The van der Waals surface area contributed by atoms with Crippen LogP contribution < -0.4 is 4.74 Å². The van der Waals surface area contributed by atoms with Crippen LogP contribution in [-0.4, -0.2) is 26.5 Å². The van der Waals surface area contributed by atoms with E-state index in [1.165, 1.54) is 18.5 Å². The molecule has 0 bridgehead atoms. The number of fused-ring (bicyclic) bond motifs is 1. The number of pyridine rings is 1. The molecule has 6 nitrogen and oxygen atoms in total. The van der Waals surface area contributed by atoms with Gasteiger partial charge in [0.15, 0.2) is 11.6 Å². The number of benzene rings is 2. The van der Waals surface area contributed by atoms with Crippen molar-refractivity contribution in [3.05, 3.63) is 89.8 Å². The Balaban J connectivity index is 1.25. The number of hydrogen-bond acceptors (Lipinski definition) is 6. The van der Waals surface area contributed by atoms with Gasteiger partial charge in [-0.25, -0.2) is 14.4 Å². The molecule has 0 atom stereocenters. The van der Waals surface area contributed by atoms with Crippen molar-refractivity contribution in [3.63, 3.8) is 0 Å². The number of halogens is 1. The zero-order valence-electron chi connectivity index (χ0n) is 18.6. The molecule has 34 heavy (non-hydrogen) atoms. The highest BCUT2D eigenvalue weighted by Gasteiger charge is 2.54. The van der Waals surface area contributed by atoms with Crippen LogP contribution in [0.3, 0.4) is 0 Å². The minimum Gasteiger partial charge on any atom is -0.438 e. The number of hydrogen-bond donors (Lipinski definition) is 0. The lowest BCUT2D eigenvalue weighted by Gasteiger charge is -2.13. The summed E-state index contributed by atoms with van der Waals surface area (Å²) in [6, 6.07) is 14.9. The molecule has 1 aliphatic rings. The van der Waals surface area contributed by atoms with Crippen molar-refractivity contribution in [2.75, 3.05) is 0 Å². The number of carbonyl (C=O) groups excluding carboxylic acids is 2. The summed E-state index contributed by atoms with van der Waals surface area (Å²) in [4.78, 5) is 38.5. The Labute approximate surface area is 195 Å². The van der Waals surface area contributed by atoms with E-state index in [9.17, 15) is 14.0 Å². The fraction of sp³-hybridized carbons (Fsp3) is 0.222. The molecule has 2 aromatic heterocycles. The summed E-state index contributed by atoms with van der Waals surface area (Å²) in [5.41, 5.74) is 2.15. The number of aromatic nitrogens is 3. The molecule has 7 heteroatoms. The van der Waals surface area contributed by atoms with Gasteiger partial charge in [-0.2, -0.15) is 0 Å². The smallest absolute Gasteiger partial charge is 0.230 e. The van der Waals surface area contributed by atoms with Crippen LogP contribution in [0.5, 0.6) is 11.6 Å². The van der Waals surface area contributed by atoms with Gasteiger partial charge in [0.05, 0.1) is 22.5 Å². The van der Waals surface area contributed by atoms with E-state index in [1.54, 1.807) is 30.5 Å². The molecule has 2 heterocycles. The molecule has 4 aromatic rings. The molecular weight excluding hydrogens is 433 g/mol. The molecule has 0 radical (unpaired) electrons. The van der Waals surface area contributed by atoms with Crippen LogP contribution in [0.25, 0.3) is 10.9 Å². The number of Topliss-reactive ketones (excluding diaryl/α,β-unsaturated/α-hetero) is 2. The zero-order chi connectivity index (χ0) is 23.7. The average Bonchev–Trinajstić information content (AvgIpc) is 3.65. The number of nitrogens with zero attached hydrogens (tertiary/aromatic N) is 3. The lowest BCUT2D eigenvalue weighted by molar-refractivity contribution is -0.133. The molecule has 0 saturated heterocycles. The van der Waals surface area contributed by atoms with E-state index in [1.807, 2.05) is 25.1 Å². The predicted octanol–water partition coefficient (Wildman–Crippen LogP) is 4.97. The van der Waals surface area contributed by atoms with Gasteiger partial charge in [0.1, 0.15) is 17.9 Å². The Morgan fingerprint density at radius 3 is 2.15 bits per heavy atom. The summed E-state index contributed by atoms with van der Waals surface area (Å²) in [5, 5.41) is 0.768. The minimum absolute atomic E-state index is 0.0713. The Bertz CT molecular complexity index is 1380. The van der Waals surface area contributed by atoms with Gasteiger partial charge in [-0.1, -0.05) is 24.3 Å². The second-order valence-electron chi connectivity index (χ2n) is 8.68. The zero-order valence-corrected chi connectivity index (χ0v) is 18.6. The van der Waals surface area contributed by atoms with E-state index in [0.29, 0.717) is 30.0 Å². The fourth-order valence-corrected chi connectivity index (χ4v) is 4.06. The molecule has 0 amide bonds. The second-order valence-corrected chi connectivity index (χ2v) is 8.68. The Hall–Kier alpha value is -4.00. The molecule has 1 aliphatic carbocycles. The van der Waals surface area contributed by atoms with Gasteiger partial charge >= 0.3 is 0 Å². The second kappa shape index (κ2) is 8.74. The summed E-state index contributed by atoms with van der Waals surface area (Å²) in [7, 11) is 0. The van der Waals surface area contributed by atoms with E-state index >= 15 is 0 Å². The van der Waals surface area contributed by atoms with E-state index in [2.05, 4.69) is 15.0 Å². The van der Waals surface area contributed by atoms with E-state index in [0.717, 1.165) is 22.2 Å². The van der Waals surface area contributed by atoms with Gasteiger partial charge in [-0.3, -0.25) is 14.6 Å². The standard InChI is InChI=1S/C27H22FN3O3/c1-17-12-22-23(15-29-17)30-16-31-26(22)34-21-8-4-19(5-9-21)14-25(33)27(10-11-27)24(32)13-18-2-6-20(28)7-3-18/h2-9,12,15-16H,10-11,13-14H2,1H3. The third kappa shape index (κ3) is 4.41. The molecular formula is C27H22FN3O3. The first-order valence-corrected chi connectivity index (χ1v) is 11.1.